The molecule has 0 rings (SSSR count). The summed E-state index contributed by atoms with van der Waals surface area (Å²) in [6.07, 6.45) is 18.8. The average Bonchev–Trinajstić information content (AvgIpc) is 2.62. The van der Waals surface area contributed by atoms with Crippen LogP contribution in [0.5, 0.6) is 0 Å². The molecule has 25 heavy (non-hydrogen) atoms. The Labute approximate surface area is 155 Å². The van der Waals surface area contributed by atoms with Crippen LogP contribution in [0.1, 0.15) is 110 Å². The first-order valence-corrected chi connectivity index (χ1v) is 10.5. The van der Waals surface area contributed by atoms with Gasteiger partial charge in [-0.25, -0.2) is 0 Å². The number of esters is 1. The van der Waals surface area contributed by atoms with E-state index in [0.29, 0.717) is 25.8 Å². The number of unbranched alkanes of at least 4 members (excludes halogenated alkanes) is 12. The molecule has 4 nitrogen and oxygen atoms in total. The number of rotatable bonds is 18. The Hall–Kier alpha value is -1.06. The van der Waals surface area contributed by atoms with Gasteiger partial charge in [-0.3, -0.25) is 9.59 Å². The maximum Gasteiger partial charge on any atom is 0.305 e. The first kappa shape index (κ1) is 23.9. The predicted octanol–water partition coefficient (Wildman–Crippen LogP) is 5.54. The zero-order valence-corrected chi connectivity index (χ0v) is 16.7. The van der Waals surface area contributed by atoms with Crippen molar-refractivity contribution in [2.24, 2.45) is 0 Å². The highest BCUT2D eigenvalue weighted by Crippen LogP contribution is 2.12. The van der Waals surface area contributed by atoms with Crippen LogP contribution in [-0.4, -0.2) is 25.5 Å². The molecular formula is C21H41NO3. The average molecular weight is 356 g/mol. The van der Waals surface area contributed by atoms with E-state index in [0.717, 1.165) is 12.8 Å². The summed E-state index contributed by atoms with van der Waals surface area (Å²) >= 11 is 0. The Morgan fingerprint density at radius 3 is 1.64 bits per heavy atom. The fourth-order valence-electron chi connectivity index (χ4n) is 2.95. The fraction of sp³-hybridized carbons (Fsp3) is 0.905. The smallest absolute Gasteiger partial charge is 0.305 e. The molecule has 0 aromatic rings. The summed E-state index contributed by atoms with van der Waals surface area (Å²) in [6.45, 7) is 2.83. The Morgan fingerprint density at radius 1 is 0.680 bits per heavy atom. The molecule has 148 valence electrons. The molecule has 0 aromatic heterocycles. The third-order valence-electron chi connectivity index (χ3n) is 4.61. The zero-order valence-electron chi connectivity index (χ0n) is 16.7. The number of hydrogen-bond donors (Lipinski definition) is 1. The first-order chi connectivity index (χ1) is 12.2. The SMILES string of the molecule is CCCCCCCCCCCCCCCC(=O)NCCCC(=O)OC. The van der Waals surface area contributed by atoms with E-state index >= 15 is 0 Å². The number of ether oxygens (including phenoxy) is 1. The molecule has 0 heterocycles. The minimum absolute atomic E-state index is 0.105. The topological polar surface area (TPSA) is 55.4 Å². The van der Waals surface area contributed by atoms with Gasteiger partial charge in [-0.05, 0) is 12.8 Å². The van der Waals surface area contributed by atoms with Crippen LogP contribution in [0, 0.1) is 0 Å². The molecule has 0 saturated heterocycles. The standard InChI is InChI=1S/C21H41NO3/c1-3-4-5-6-7-8-9-10-11-12-13-14-15-17-20(23)22-19-16-18-21(24)25-2/h3-19H2,1-2H3,(H,22,23). The van der Waals surface area contributed by atoms with E-state index in [1.54, 1.807) is 0 Å². The van der Waals surface area contributed by atoms with Crippen molar-refractivity contribution in [1.82, 2.24) is 5.32 Å². The van der Waals surface area contributed by atoms with Gasteiger partial charge in [-0.1, -0.05) is 84.0 Å². The highest BCUT2D eigenvalue weighted by molar-refractivity contribution is 5.75. The van der Waals surface area contributed by atoms with Crippen LogP contribution in [0.15, 0.2) is 0 Å². The van der Waals surface area contributed by atoms with Gasteiger partial charge in [0.1, 0.15) is 0 Å². The van der Waals surface area contributed by atoms with E-state index in [1.165, 1.54) is 77.7 Å². The minimum atomic E-state index is -0.217. The van der Waals surface area contributed by atoms with Crippen LogP contribution in [0.25, 0.3) is 0 Å². The molecule has 0 aromatic carbocycles. The molecule has 0 unspecified atom stereocenters. The van der Waals surface area contributed by atoms with Crippen molar-refractivity contribution in [3.63, 3.8) is 0 Å². The van der Waals surface area contributed by atoms with Crippen molar-refractivity contribution in [3.05, 3.63) is 0 Å². The Bertz CT molecular complexity index is 318. The number of hydrogen-bond acceptors (Lipinski definition) is 3. The van der Waals surface area contributed by atoms with Crippen molar-refractivity contribution in [2.75, 3.05) is 13.7 Å². The van der Waals surface area contributed by atoms with Crippen LogP contribution in [-0.2, 0) is 14.3 Å². The van der Waals surface area contributed by atoms with Gasteiger partial charge in [0.2, 0.25) is 5.91 Å². The number of carbonyl (C=O) groups excluding carboxylic acids is 2. The molecule has 1 amide bonds. The van der Waals surface area contributed by atoms with E-state index in [9.17, 15) is 9.59 Å². The van der Waals surface area contributed by atoms with Gasteiger partial charge in [0.05, 0.1) is 7.11 Å². The summed E-state index contributed by atoms with van der Waals surface area (Å²) in [5.74, 6) is -0.112. The Morgan fingerprint density at radius 2 is 1.16 bits per heavy atom. The molecule has 0 spiro atoms. The van der Waals surface area contributed by atoms with Gasteiger partial charge in [0.15, 0.2) is 0 Å². The summed E-state index contributed by atoms with van der Waals surface area (Å²) in [7, 11) is 1.38. The normalized spacial score (nSPS) is 10.6. The molecule has 0 radical (unpaired) electrons. The van der Waals surface area contributed by atoms with Gasteiger partial charge in [-0.2, -0.15) is 0 Å². The Kier molecular flexibility index (Phi) is 18.5. The molecule has 0 atom stereocenters. The van der Waals surface area contributed by atoms with Crippen molar-refractivity contribution < 1.29 is 14.3 Å². The van der Waals surface area contributed by atoms with Crippen molar-refractivity contribution >= 4 is 11.9 Å². The second kappa shape index (κ2) is 19.3. The molecular weight excluding hydrogens is 314 g/mol. The summed E-state index contributed by atoms with van der Waals surface area (Å²) in [5, 5.41) is 2.86. The maximum absolute atomic E-state index is 11.6. The van der Waals surface area contributed by atoms with Crippen LogP contribution >= 0.6 is 0 Å². The highest BCUT2D eigenvalue weighted by Gasteiger charge is 2.03. The first-order valence-electron chi connectivity index (χ1n) is 10.5. The number of methoxy groups -OCH3 is 1. The van der Waals surface area contributed by atoms with Crippen molar-refractivity contribution in [3.8, 4) is 0 Å². The summed E-state index contributed by atoms with van der Waals surface area (Å²) in [6, 6.07) is 0. The predicted molar refractivity (Wildman–Crippen MR) is 105 cm³/mol. The largest absolute Gasteiger partial charge is 0.469 e. The van der Waals surface area contributed by atoms with E-state index in [1.807, 2.05) is 0 Å². The molecule has 0 bridgehead atoms. The number of amides is 1. The van der Waals surface area contributed by atoms with Crippen molar-refractivity contribution in [1.29, 1.82) is 0 Å². The van der Waals surface area contributed by atoms with Crippen LogP contribution in [0.2, 0.25) is 0 Å². The summed E-state index contributed by atoms with van der Waals surface area (Å²) in [5.41, 5.74) is 0. The lowest BCUT2D eigenvalue weighted by Crippen LogP contribution is -2.24. The van der Waals surface area contributed by atoms with Crippen molar-refractivity contribution in [2.45, 2.75) is 110 Å². The van der Waals surface area contributed by atoms with E-state index in [4.69, 9.17) is 0 Å². The van der Waals surface area contributed by atoms with Gasteiger partial charge >= 0.3 is 5.97 Å². The monoisotopic (exact) mass is 355 g/mol. The third-order valence-corrected chi connectivity index (χ3v) is 4.61. The molecule has 4 heteroatoms. The van der Waals surface area contributed by atoms with E-state index in [-0.39, 0.29) is 11.9 Å². The van der Waals surface area contributed by atoms with E-state index < -0.39 is 0 Å². The minimum Gasteiger partial charge on any atom is -0.469 e. The highest BCUT2D eigenvalue weighted by atomic mass is 16.5. The zero-order chi connectivity index (χ0) is 18.6. The molecule has 0 aliphatic heterocycles. The fourth-order valence-corrected chi connectivity index (χ4v) is 2.95. The van der Waals surface area contributed by atoms with Crippen LogP contribution < -0.4 is 5.32 Å². The molecule has 1 N–H and O–H groups in total. The lowest BCUT2D eigenvalue weighted by atomic mass is 10.0. The molecule has 0 aliphatic carbocycles. The van der Waals surface area contributed by atoms with Crippen LogP contribution in [0.4, 0.5) is 0 Å². The van der Waals surface area contributed by atoms with Gasteiger partial charge in [0.25, 0.3) is 0 Å². The lowest BCUT2D eigenvalue weighted by molar-refractivity contribution is -0.140. The second-order valence-electron chi connectivity index (χ2n) is 7.02. The third kappa shape index (κ3) is 19.1. The number of carbonyl (C=O) groups is 2. The summed E-state index contributed by atoms with van der Waals surface area (Å²) < 4.78 is 4.56. The van der Waals surface area contributed by atoms with E-state index in [2.05, 4.69) is 17.0 Å². The van der Waals surface area contributed by atoms with Gasteiger partial charge < -0.3 is 10.1 Å². The summed E-state index contributed by atoms with van der Waals surface area (Å²) in [4.78, 5) is 22.6. The maximum atomic E-state index is 11.6. The second-order valence-corrected chi connectivity index (χ2v) is 7.02. The molecule has 0 aliphatic rings. The lowest BCUT2D eigenvalue weighted by Gasteiger charge is -2.05. The quantitative estimate of drug-likeness (QED) is 0.259. The molecule has 0 saturated carbocycles. The molecule has 0 fully saturated rings. The Balaban J connectivity index is 3.17. The van der Waals surface area contributed by atoms with Gasteiger partial charge in [-0.15, -0.1) is 0 Å². The van der Waals surface area contributed by atoms with Gasteiger partial charge in [0, 0.05) is 19.4 Å². The van der Waals surface area contributed by atoms with Crippen LogP contribution in [0.3, 0.4) is 0 Å². The number of nitrogens with one attached hydrogen (secondary N) is 1.